The van der Waals surface area contributed by atoms with Gasteiger partial charge in [0.25, 0.3) is 0 Å². The van der Waals surface area contributed by atoms with Gasteiger partial charge in [-0.05, 0) is 49.2 Å². The molecule has 3 rings (SSSR count). The minimum Gasteiger partial charge on any atom is -0.478 e. The number of fused-ring (bicyclic) bond motifs is 1. The zero-order chi connectivity index (χ0) is 27.7. The average Bonchev–Trinajstić information content (AvgIpc) is 2.86. The molecule has 0 bridgehead atoms. The number of aromatic nitrogens is 1. The summed E-state index contributed by atoms with van der Waals surface area (Å²) < 4.78 is 51.9. The molecule has 5 N–H and O–H groups in total. The lowest BCUT2D eigenvalue weighted by Gasteiger charge is -2.13. The second kappa shape index (κ2) is 13.3. The molecule has 0 aliphatic rings. The van der Waals surface area contributed by atoms with Gasteiger partial charge < -0.3 is 35.8 Å². The number of anilines is 1. The van der Waals surface area contributed by atoms with Crippen LogP contribution in [-0.2, 0) is 11.3 Å². The van der Waals surface area contributed by atoms with Gasteiger partial charge in [-0.25, -0.2) is 9.78 Å². The largest absolute Gasteiger partial charge is 0.573 e. The first-order chi connectivity index (χ1) is 18.1. The predicted molar refractivity (Wildman–Crippen MR) is 136 cm³/mol. The Kier molecular flexibility index (Phi) is 10.1. The monoisotopic (exact) mass is 554 g/mol. The number of unbranched alkanes of at least 4 members (excludes halogenated alkanes) is 1. The van der Waals surface area contributed by atoms with E-state index < -0.39 is 18.1 Å². The molecule has 0 saturated carbocycles. The zero-order valence-electron chi connectivity index (χ0n) is 20.1. The van der Waals surface area contributed by atoms with E-state index in [4.69, 9.17) is 32.2 Å². The molecular formula is C25H26ClF3N4O5. The second-order valence-corrected chi connectivity index (χ2v) is 8.49. The van der Waals surface area contributed by atoms with E-state index in [2.05, 4.69) is 15.0 Å². The van der Waals surface area contributed by atoms with Crippen LogP contribution in [0.1, 0.15) is 34.3 Å². The third kappa shape index (κ3) is 8.20. The number of nitrogen functional groups attached to an aromatic ring is 1. The number of nitrogens with two attached hydrogens (primary N) is 1. The van der Waals surface area contributed by atoms with Crippen molar-refractivity contribution in [2.45, 2.75) is 25.7 Å². The van der Waals surface area contributed by atoms with Gasteiger partial charge in [-0.3, -0.25) is 0 Å². The standard InChI is InChI=1S/C25H26ClF3N4O5/c26-19-11-15(3-6-21(19)38-25(27,28)29)14-32-7-1-2-8-36-9-10-37-23-22(31)18(13-30)17-5-4-16(24(34)35)12-20(17)33-23/h3-6,11-13,30,32H,1-2,7-10,14,31H2,(H,34,35). The molecule has 0 unspecified atom stereocenters. The van der Waals surface area contributed by atoms with Crippen LogP contribution < -0.4 is 20.5 Å². The summed E-state index contributed by atoms with van der Waals surface area (Å²) in [6.07, 6.45) is -2.16. The van der Waals surface area contributed by atoms with Gasteiger partial charge in [-0.2, -0.15) is 0 Å². The molecule has 0 amide bonds. The van der Waals surface area contributed by atoms with E-state index in [1.165, 1.54) is 30.3 Å². The van der Waals surface area contributed by atoms with Crippen LogP contribution in [0.5, 0.6) is 11.6 Å². The molecule has 9 nitrogen and oxygen atoms in total. The molecule has 0 radical (unpaired) electrons. The molecular weight excluding hydrogens is 529 g/mol. The van der Waals surface area contributed by atoms with Crippen molar-refractivity contribution >= 4 is 40.4 Å². The van der Waals surface area contributed by atoms with E-state index in [0.29, 0.717) is 36.2 Å². The first kappa shape index (κ1) is 29.0. The number of ether oxygens (including phenoxy) is 3. The molecule has 0 saturated heterocycles. The van der Waals surface area contributed by atoms with Gasteiger partial charge in [0.05, 0.1) is 22.7 Å². The number of nitrogens with zero attached hydrogens (tertiary/aromatic N) is 1. The van der Waals surface area contributed by atoms with E-state index in [9.17, 15) is 23.1 Å². The van der Waals surface area contributed by atoms with Crippen molar-refractivity contribution in [1.29, 1.82) is 5.41 Å². The molecule has 3 aromatic rings. The van der Waals surface area contributed by atoms with Crippen LogP contribution in [0.2, 0.25) is 5.02 Å². The van der Waals surface area contributed by atoms with Crippen molar-refractivity contribution in [2.24, 2.45) is 0 Å². The fourth-order valence-corrected chi connectivity index (χ4v) is 3.77. The van der Waals surface area contributed by atoms with Crippen molar-refractivity contribution in [3.05, 3.63) is 58.1 Å². The molecule has 13 heteroatoms. The molecule has 204 valence electrons. The lowest BCUT2D eigenvalue weighted by molar-refractivity contribution is -0.274. The average molecular weight is 555 g/mol. The van der Waals surface area contributed by atoms with E-state index in [1.54, 1.807) is 6.07 Å². The molecule has 0 aliphatic heterocycles. The van der Waals surface area contributed by atoms with Gasteiger partial charge in [-0.1, -0.05) is 23.7 Å². The van der Waals surface area contributed by atoms with Crippen molar-refractivity contribution < 1.29 is 37.3 Å². The highest BCUT2D eigenvalue weighted by Crippen LogP contribution is 2.31. The molecule has 0 spiro atoms. The van der Waals surface area contributed by atoms with Gasteiger partial charge >= 0.3 is 12.3 Å². The van der Waals surface area contributed by atoms with Crippen LogP contribution in [0.25, 0.3) is 10.9 Å². The molecule has 1 aromatic heterocycles. The van der Waals surface area contributed by atoms with Crippen molar-refractivity contribution in [3.8, 4) is 11.6 Å². The summed E-state index contributed by atoms with van der Waals surface area (Å²) in [5.74, 6) is -1.43. The Hall–Kier alpha value is -3.61. The summed E-state index contributed by atoms with van der Waals surface area (Å²) in [5.41, 5.74) is 7.81. The minimum atomic E-state index is -4.79. The van der Waals surface area contributed by atoms with E-state index >= 15 is 0 Å². The summed E-state index contributed by atoms with van der Waals surface area (Å²) in [5, 5.41) is 20.5. The number of nitrogens with one attached hydrogen (secondary N) is 2. The van der Waals surface area contributed by atoms with Crippen LogP contribution in [0.15, 0.2) is 36.4 Å². The molecule has 1 heterocycles. The zero-order valence-corrected chi connectivity index (χ0v) is 20.9. The maximum absolute atomic E-state index is 12.3. The Labute approximate surface area is 221 Å². The lowest BCUT2D eigenvalue weighted by atomic mass is 10.1. The molecule has 2 aromatic carbocycles. The minimum absolute atomic E-state index is 0.0618. The Balaban J connectivity index is 1.35. The first-order valence-corrected chi connectivity index (χ1v) is 11.9. The summed E-state index contributed by atoms with van der Waals surface area (Å²) in [6, 6.07) is 8.49. The molecule has 38 heavy (non-hydrogen) atoms. The summed E-state index contributed by atoms with van der Waals surface area (Å²) in [6.45, 7) is 2.01. The van der Waals surface area contributed by atoms with Crippen molar-refractivity contribution in [1.82, 2.24) is 10.3 Å². The topological polar surface area (TPSA) is 140 Å². The number of hydrogen-bond acceptors (Lipinski definition) is 8. The number of rotatable bonds is 14. The number of carboxylic acids is 1. The highest BCUT2D eigenvalue weighted by atomic mass is 35.5. The summed E-state index contributed by atoms with van der Waals surface area (Å²) >= 11 is 5.84. The maximum atomic E-state index is 12.3. The summed E-state index contributed by atoms with van der Waals surface area (Å²) in [7, 11) is 0. The van der Waals surface area contributed by atoms with E-state index in [-0.39, 0.29) is 35.4 Å². The number of carbonyl (C=O) groups is 1. The smallest absolute Gasteiger partial charge is 0.478 e. The third-order valence-corrected chi connectivity index (χ3v) is 5.63. The number of alkyl halides is 3. The van der Waals surface area contributed by atoms with Crippen LogP contribution in [0.4, 0.5) is 18.9 Å². The second-order valence-electron chi connectivity index (χ2n) is 8.08. The van der Waals surface area contributed by atoms with Gasteiger partial charge in [0.15, 0.2) is 0 Å². The van der Waals surface area contributed by atoms with Gasteiger partial charge in [-0.15, -0.1) is 13.2 Å². The normalized spacial score (nSPS) is 11.5. The van der Waals surface area contributed by atoms with Gasteiger partial charge in [0.1, 0.15) is 18.0 Å². The number of pyridine rings is 1. The lowest BCUT2D eigenvalue weighted by Crippen LogP contribution is -2.18. The molecule has 0 fully saturated rings. The maximum Gasteiger partial charge on any atom is 0.573 e. The number of hydrogen-bond donors (Lipinski definition) is 4. The fraction of sp³-hybridized carbons (Fsp3) is 0.320. The van der Waals surface area contributed by atoms with Crippen molar-refractivity contribution in [3.63, 3.8) is 0 Å². The quantitative estimate of drug-likeness (QED) is 0.161. The Morgan fingerprint density at radius 1 is 1.16 bits per heavy atom. The number of halogens is 4. The van der Waals surface area contributed by atoms with Crippen LogP contribution >= 0.6 is 11.6 Å². The molecule has 0 aliphatic carbocycles. The Morgan fingerprint density at radius 2 is 1.95 bits per heavy atom. The molecule has 0 atom stereocenters. The van der Waals surface area contributed by atoms with Crippen LogP contribution in [0, 0.1) is 5.41 Å². The van der Waals surface area contributed by atoms with E-state index in [0.717, 1.165) is 24.6 Å². The van der Waals surface area contributed by atoms with Gasteiger partial charge in [0, 0.05) is 30.3 Å². The van der Waals surface area contributed by atoms with Crippen molar-refractivity contribution in [2.75, 3.05) is 32.1 Å². The van der Waals surface area contributed by atoms with Crippen LogP contribution in [-0.4, -0.2) is 55.0 Å². The highest BCUT2D eigenvalue weighted by Gasteiger charge is 2.32. The van der Waals surface area contributed by atoms with Gasteiger partial charge in [0.2, 0.25) is 5.88 Å². The number of benzene rings is 2. The fourth-order valence-electron chi connectivity index (χ4n) is 3.53. The summed E-state index contributed by atoms with van der Waals surface area (Å²) in [4.78, 5) is 15.5. The highest BCUT2D eigenvalue weighted by molar-refractivity contribution is 6.32. The predicted octanol–water partition coefficient (Wildman–Crippen LogP) is 5.03. The SMILES string of the molecule is N=Cc1c(N)c(OCCOCCCCNCc2ccc(OC(F)(F)F)c(Cl)c2)nc2cc(C(=O)O)ccc12. The Bertz CT molecular complexity index is 1290. The first-order valence-electron chi connectivity index (χ1n) is 11.5. The van der Waals surface area contributed by atoms with E-state index in [1.807, 2.05) is 0 Å². The number of carboxylic acid groups (broad SMARTS) is 1. The third-order valence-electron chi connectivity index (χ3n) is 5.33. The Morgan fingerprint density at radius 3 is 2.63 bits per heavy atom. The van der Waals surface area contributed by atoms with Crippen LogP contribution in [0.3, 0.4) is 0 Å². The number of aromatic carboxylic acids is 1.